The molecule has 0 aromatic heterocycles. The van der Waals surface area contributed by atoms with E-state index < -0.39 is 5.97 Å². The fraction of sp³-hybridized carbons (Fsp3) is 0.467. The molecule has 0 radical (unpaired) electrons. The van der Waals surface area contributed by atoms with Crippen LogP contribution in [0, 0.1) is 13.8 Å². The average Bonchev–Trinajstić information content (AvgIpc) is 2.34. The van der Waals surface area contributed by atoms with E-state index in [4.69, 9.17) is 21.1 Å². The molecule has 0 saturated carbocycles. The summed E-state index contributed by atoms with van der Waals surface area (Å²) in [5.74, 6) is -0.331. The molecular formula is C15H20ClNO4. The lowest BCUT2D eigenvalue weighted by atomic mass is 10.1. The number of rotatable bonds is 6. The Morgan fingerprint density at radius 3 is 2.29 bits per heavy atom. The highest BCUT2D eigenvalue weighted by molar-refractivity contribution is 6.30. The molecular weight excluding hydrogens is 294 g/mol. The zero-order chi connectivity index (χ0) is 16.0. The third-order valence-corrected chi connectivity index (χ3v) is 2.79. The molecule has 1 amide bonds. The number of halogens is 1. The van der Waals surface area contributed by atoms with E-state index in [-0.39, 0.29) is 25.2 Å². The second-order valence-electron chi connectivity index (χ2n) is 5.04. The molecule has 116 valence electrons. The maximum Gasteiger partial charge on any atom is 0.344 e. The summed E-state index contributed by atoms with van der Waals surface area (Å²) in [7, 11) is 0. The van der Waals surface area contributed by atoms with E-state index in [0.29, 0.717) is 10.8 Å². The summed E-state index contributed by atoms with van der Waals surface area (Å²) in [5.41, 5.74) is 1.68. The molecule has 0 unspecified atom stereocenters. The van der Waals surface area contributed by atoms with Gasteiger partial charge in [0, 0.05) is 11.1 Å². The third-order valence-electron chi connectivity index (χ3n) is 2.57. The largest absolute Gasteiger partial charge is 0.481 e. The molecule has 1 aromatic carbocycles. The fourth-order valence-electron chi connectivity index (χ4n) is 1.81. The van der Waals surface area contributed by atoms with Crippen LogP contribution in [0.2, 0.25) is 5.02 Å². The predicted molar refractivity (Wildman–Crippen MR) is 80.7 cm³/mol. The Bertz CT molecular complexity index is 505. The van der Waals surface area contributed by atoms with Crippen molar-refractivity contribution in [1.82, 2.24) is 5.32 Å². The Morgan fingerprint density at radius 1 is 1.19 bits per heavy atom. The van der Waals surface area contributed by atoms with Crippen molar-refractivity contribution in [2.45, 2.75) is 33.7 Å². The van der Waals surface area contributed by atoms with E-state index in [0.717, 1.165) is 11.1 Å². The van der Waals surface area contributed by atoms with Crippen molar-refractivity contribution in [3.05, 3.63) is 28.3 Å². The van der Waals surface area contributed by atoms with Crippen LogP contribution in [0.25, 0.3) is 0 Å². The lowest BCUT2D eigenvalue weighted by molar-refractivity contribution is -0.150. The predicted octanol–water partition coefficient (Wildman–Crippen LogP) is 2.40. The number of nitrogens with one attached hydrogen (secondary N) is 1. The van der Waals surface area contributed by atoms with Gasteiger partial charge in [-0.2, -0.15) is 0 Å². The first-order chi connectivity index (χ1) is 9.79. The van der Waals surface area contributed by atoms with E-state index in [1.807, 2.05) is 27.7 Å². The zero-order valence-electron chi connectivity index (χ0n) is 12.7. The van der Waals surface area contributed by atoms with Gasteiger partial charge in [-0.15, -0.1) is 0 Å². The minimum atomic E-state index is -0.595. The average molecular weight is 314 g/mol. The fourth-order valence-corrected chi connectivity index (χ4v) is 2.13. The monoisotopic (exact) mass is 313 g/mol. The SMILES string of the molecule is Cc1cc(Cl)cc(C)c1OCC(=O)OCC(=O)NC(C)C. The van der Waals surface area contributed by atoms with Crippen LogP contribution in [0.4, 0.5) is 0 Å². The van der Waals surface area contributed by atoms with Crippen LogP contribution in [0.3, 0.4) is 0 Å². The third kappa shape index (κ3) is 6.04. The summed E-state index contributed by atoms with van der Waals surface area (Å²) in [6.45, 7) is 6.78. The van der Waals surface area contributed by atoms with Crippen LogP contribution >= 0.6 is 11.6 Å². The van der Waals surface area contributed by atoms with Crippen molar-refractivity contribution in [2.24, 2.45) is 0 Å². The Kier molecular flexibility index (Phi) is 6.49. The Hall–Kier alpha value is -1.75. The molecule has 0 aliphatic carbocycles. The maximum atomic E-state index is 11.5. The zero-order valence-corrected chi connectivity index (χ0v) is 13.4. The molecule has 0 atom stereocenters. The number of hydrogen-bond acceptors (Lipinski definition) is 4. The van der Waals surface area contributed by atoms with Gasteiger partial charge in [0.2, 0.25) is 0 Å². The summed E-state index contributed by atoms with van der Waals surface area (Å²) in [6, 6.07) is 3.52. The first kappa shape index (κ1) is 17.3. The Labute approximate surface area is 129 Å². The number of hydrogen-bond donors (Lipinski definition) is 1. The lowest BCUT2D eigenvalue weighted by Gasteiger charge is -2.12. The van der Waals surface area contributed by atoms with E-state index >= 15 is 0 Å². The van der Waals surface area contributed by atoms with Gasteiger partial charge in [0.05, 0.1) is 0 Å². The van der Waals surface area contributed by atoms with Crippen molar-refractivity contribution >= 4 is 23.5 Å². The van der Waals surface area contributed by atoms with Crippen LogP contribution in [-0.2, 0) is 14.3 Å². The molecule has 21 heavy (non-hydrogen) atoms. The van der Waals surface area contributed by atoms with Gasteiger partial charge in [-0.3, -0.25) is 4.79 Å². The number of amides is 1. The molecule has 5 nitrogen and oxygen atoms in total. The van der Waals surface area contributed by atoms with Gasteiger partial charge in [0.25, 0.3) is 5.91 Å². The molecule has 6 heteroatoms. The summed E-state index contributed by atoms with van der Waals surface area (Å²) in [6.07, 6.45) is 0. The van der Waals surface area contributed by atoms with Gasteiger partial charge in [-0.25, -0.2) is 4.79 Å². The number of benzene rings is 1. The van der Waals surface area contributed by atoms with Crippen LogP contribution in [0.5, 0.6) is 5.75 Å². The summed E-state index contributed by atoms with van der Waals surface area (Å²) in [5, 5.41) is 3.24. The second-order valence-corrected chi connectivity index (χ2v) is 5.48. The number of carbonyl (C=O) groups is 2. The van der Waals surface area contributed by atoms with Crippen molar-refractivity contribution in [2.75, 3.05) is 13.2 Å². The standard InChI is InChI=1S/C15H20ClNO4/c1-9(2)17-13(18)7-20-14(19)8-21-15-10(3)5-12(16)6-11(15)4/h5-6,9H,7-8H2,1-4H3,(H,17,18). The van der Waals surface area contributed by atoms with Crippen molar-refractivity contribution < 1.29 is 19.1 Å². The van der Waals surface area contributed by atoms with E-state index in [9.17, 15) is 9.59 Å². The highest BCUT2D eigenvalue weighted by Gasteiger charge is 2.11. The molecule has 0 aliphatic rings. The van der Waals surface area contributed by atoms with Crippen molar-refractivity contribution in [3.8, 4) is 5.75 Å². The molecule has 1 rings (SSSR count). The van der Waals surface area contributed by atoms with Gasteiger partial charge in [-0.1, -0.05) is 11.6 Å². The van der Waals surface area contributed by atoms with Gasteiger partial charge in [0.15, 0.2) is 13.2 Å². The lowest BCUT2D eigenvalue weighted by Crippen LogP contribution is -2.34. The molecule has 0 bridgehead atoms. The van der Waals surface area contributed by atoms with Gasteiger partial charge in [0.1, 0.15) is 5.75 Å². The summed E-state index contributed by atoms with van der Waals surface area (Å²) in [4.78, 5) is 22.9. The quantitative estimate of drug-likeness (QED) is 0.819. The van der Waals surface area contributed by atoms with Crippen LogP contribution < -0.4 is 10.1 Å². The minimum absolute atomic E-state index is 0.00631. The number of ether oxygens (including phenoxy) is 2. The van der Waals surface area contributed by atoms with Crippen molar-refractivity contribution in [1.29, 1.82) is 0 Å². The number of esters is 1. The highest BCUT2D eigenvalue weighted by Crippen LogP contribution is 2.26. The molecule has 0 aliphatic heterocycles. The van der Waals surface area contributed by atoms with Gasteiger partial charge < -0.3 is 14.8 Å². The van der Waals surface area contributed by atoms with Gasteiger partial charge >= 0.3 is 5.97 Å². The molecule has 0 fully saturated rings. The molecule has 0 heterocycles. The Morgan fingerprint density at radius 2 is 1.76 bits per heavy atom. The van der Waals surface area contributed by atoms with E-state index in [1.165, 1.54) is 0 Å². The van der Waals surface area contributed by atoms with Crippen LogP contribution in [0.1, 0.15) is 25.0 Å². The number of aryl methyl sites for hydroxylation is 2. The topological polar surface area (TPSA) is 64.6 Å². The normalized spacial score (nSPS) is 10.4. The smallest absolute Gasteiger partial charge is 0.344 e. The first-order valence-corrected chi connectivity index (χ1v) is 7.02. The van der Waals surface area contributed by atoms with Gasteiger partial charge in [-0.05, 0) is 51.0 Å². The number of carbonyl (C=O) groups excluding carboxylic acids is 2. The van der Waals surface area contributed by atoms with Crippen LogP contribution in [-0.4, -0.2) is 31.1 Å². The Balaban J connectivity index is 2.45. The first-order valence-electron chi connectivity index (χ1n) is 6.64. The maximum absolute atomic E-state index is 11.5. The summed E-state index contributed by atoms with van der Waals surface area (Å²) < 4.78 is 10.3. The van der Waals surface area contributed by atoms with Crippen LogP contribution in [0.15, 0.2) is 12.1 Å². The minimum Gasteiger partial charge on any atom is -0.481 e. The molecule has 1 aromatic rings. The molecule has 0 spiro atoms. The van der Waals surface area contributed by atoms with E-state index in [1.54, 1.807) is 12.1 Å². The van der Waals surface area contributed by atoms with E-state index in [2.05, 4.69) is 5.32 Å². The highest BCUT2D eigenvalue weighted by atomic mass is 35.5. The second kappa shape index (κ2) is 7.88. The summed E-state index contributed by atoms with van der Waals surface area (Å²) >= 11 is 5.92. The molecule has 0 saturated heterocycles. The van der Waals surface area contributed by atoms with Crippen molar-refractivity contribution in [3.63, 3.8) is 0 Å². The molecule has 1 N–H and O–H groups in total.